The van der Waals surface area contributed by atoms with Crippen LogP contribution in [-0.4, -0.2) is 40.8 Å². The zero-order valence-corrected chi connectivity index (χ0v) is 10.1. The summed E-state index contributed by atoms with van der Waals surface area (Å²) in [6.45, 7) is 7.25. The lowest BCUT2D eigenvalue weighted by Gasteiger charge is -2.26. The van der Waals surface area contributed by atoms with Gasteiger partial charge in [0, 0.05) is 0 Å². The van der Waals surface area contributed by atoms with Crippen molar-refractivity contribution in [1.82, 2.24) is 4.90 Å². The maximum atomic E-state index is 12.0. The predicted octanol–water partition coefficient (Wildman–Crippen LogP) is 1.01. The number of nitrogens with zero attached hydrogens (tertiary/aromatic N) is 1. The number of aliphatic hydroxyl groups is 1. The lowest BCUT2D eigenvalue weighted by molar-refractivity contribution is -0.136. The standard InChI is InChI=1S/C11H19NO4/c1-6(2)9-5-16-11(15)12(9)10(14)7(3)8(4)13/h6-9,13H,5H2,1-4H3. The molecule has 16 heavy (non-hydrogen) atoms. The van der Waals surface area contributed by atoms with Gasteiger partial charge in [-0.1, -0.05) is 20.8 Å². The molecule has 1 N–H and O–H groups in total. The number of amides is 2. The Labute approximate surface area is 95.4 Å². The third-order valence-corrected chi connectivity index (χ3v) is 3.03. The molecule has 0 radical (unpaired) electrons. The van der Waals surface area contributed by atoms with Crippen LogP contribution in [0.2, 0.25) is 0 Å². The van der Waals surface area contributed by atoms with E-state index in [1.54, 1.807) is 6.92 Å². The molecule has 0 aromatic rings. The van der Waals surface area contributed by atoms with Crippen molar-refractivity contribution < 1.29 is 19.4 Å². The second kappa shape index (κ2) is 4.82. The van der Waals surface area contributed by atoms with Crippen molar-refractivity contribution in [2.24, 2.45) is 11.8 Å². The third kappa shape index (κ3) is 2.35. The monoisotopic (exact) mass is 229 g/mol. The molecule has 1 saturated heterocycles. The summed E-state index contributed by atoms with van der Waals surface area (Å²) in [5.74, 6) is -0.806. The SMILES string of the molecule is CC(C)C1COC(=O)N1C(=O)C(C)C(C)O. The van der Waals surface area contributed by atoms with Crippen LogP contribution in [0.3, 0.4) is 0 Å². The molecule has 0 saturated carbocycles. The fourth-order valence-corrected chi connectivity index (χ4v) is 1.61. The lowest BCUT2D eigenvalue weighted by atomic mass is 10.0. The molecule has 0 bridgehead atoms. The maximum Gasteiger partial charge on any atom is 0.416 e. The van der Waals surface area contributed by atoms with Crippen molar-refractivity contribution in [1.29, 1.82) is 0 Å². The molecule has 3 unspecified atom stereocenters. The number of cyclic esters (lactones) is 1. The Bertz CT molecular complexity index is 288. The number of hydrogen-bond donors (Lipinski definition) is 1. The topological polar surface area (TPSA) is 66.8 Å². The maximum absolute atomic E-state index is 12.0. The molecule has 1 heterocycles. The number of carbonyl (C=O) groups is 2. The van der Waals surface area contributed by atoms with Gasteiger partial charge in [-0.3, -0.25) is 4.79 Å². The van der Waals surface area contributed by atoms with Crippen LogP contribution in [0.1, 0.15) is 27.7 Å². The first kappa shape index (κ1) is 13.0. The minimum absolute atomic E-state index is 0.150. The van der Waals surface area contributed by atoms with Crippen LogP contribution in [0, 0.1) is 11.8 Å². The van der Waals surface area contributed by atoms with Gasteiger partial charge in [0.2, 0.25) is 5.91 Å². The molecule has 1 aliphatic heterocycles. The summed E-state index contributed by atoms with van der Waals surface area (Å²) in [5, 5.41) is 9.36. The average Bonchev–Trinajstić information content (AvgIpc) is 2.57. The Hall–Kier alpha value is -1.10. The molecule has 2 amide bonds. The van der Waals surface area contributed by atoms with Crippen LogP contribution >= 0.6 is 0 Å². The predicted molar refractivity (Wildman–Crippen MR) is 57.7 cm³/mol. The van der Waals surface area contributed by atoms with E-state index in [2.05, 4.69) is 0 Å². The fourth-order valence-electron chi connectivity index (χ4n) is 1.61. The highest BCUT2D eigenvalue weighted by molar-refractivity contribution is 5.94. The Morgan fingerprint density at radius 1 is 1.44 bits per heavy atom. The Morgan fingerprint density at radius 3 is 2.44 bits per heavy atom. The molecule has 0 aromatic carbocycles. The minimum atomic E-state index is -0.770. The van der Waals surface area contributed by atoms with E-state index in [0.717, 1.165) is 4.90 Å². The highest BCUT2D eigenvalue weighted by atomic mass is 16.6. The summed E-state index contributed by atoms with van der Waals surface area (Å²) in [4.78, 5) is 24.6. The summed E-state index contributed by atoms with van der Waals surface area (Å²) in [6.07, 6.45) is -1.37. The minimum Gasteiger partial charge on any atom is -0.447 e. The first-order valence-corrected chi connectivity index (χ1v) is 5.54. The smallest absolute Gasteiger partial charge is 0.416 e. The molecule has 0 aromatic heterocycles. The zero-order valence-electron chi connectivity index (χ0n) is 10.1. The van der Waals surface area contributed by atoms with Crippen LogP contribution in [0.15, 0.2) is 0 Å². The molecule has 0 spiro atoms. The number of hydrogen-bond acceptors (Lipinski definition) is 4. The van der Waals surface area contributed by atoms with Gasteiger partial charge in [0.05, 0.1) is 18.1 Å². The number of rotatable bonds is 3. The van der Waals surface area contributed by atoms with Crippen LogP contribution in [0.4, 0.5) is 4.79 Å². The summed E-state index contributed by atoms with van der Waals surface area (Å²) in [6, 6.07) is -0.221. The molecule has 5 heteroatoms. The van der Waals surface area contributed by atoms with Crippen LogP contribution < -0.4 is 0 Å². The molecule has 3 atom stereocenters. The van der Waals surface area contributed by atoms with Gasteiger partial charge in [-0.05, 0) is 12.8 Å². The fraction of sp³-hybridized carbons (Fsp3) is 0.818. The number of carbonyl (C=O) groups excluding carboxylic acids is 2. The first-order chi connectivity index (χ1) is 7.36. The molecule has 1 rings (SSSR count). The summed E-state index contributed by atoms with van der Waals surface area (Å²) in [7, 11) is 0. The van der Waals surface area contributed by atoms with Crippen molar-refractivity contribution in [3.05, 3.63) is 0 Å². The van der Waals surface area contributed by atoms with Crippen LogP contribution in [0.5, 0.6) is 0 Å². The zero-order chi connectivity index (χ0) is 12.5. The van der Waals surface area contributed by atoms with E-state index < -0.39 is 18.1 Å². The van der Waals surface area contributed by atoms with Gasteiger partial charge in [-0.2, -0.15) is 0 Å². The van der Waals surface area contributed by atoms with Crippen molar-refractivity contribution in [2.45, 2.75) is 39.8 Å². The van der Waals surface area contributed by atoms with Crippen molar-refractivity contribution in [3.63, 3.8) is 0 Å². The van der Waals surface area contributed by atoms with E-state index in [0.29, 0.717) is 0 Å². The van der Waals surface area contributed by atoms with Gasteiger partial charge in [0.1, 0.15) is 6.61 Å². The molecule has 1 aliphatic rings. The van der Waals surface area contributed by atoms with Crippen LogP contribution in [0.25, 0.3) is 0 Å². The summed E-state index contributed by atoms with van der Waals surface area (Å²) in [5.41, 5.74) is 0. The lowest BCUT2D eigenvalue weighted by Crippen LogP contribution is -2.46. The quantitative estimate of drug-likeness (QED) is 0.784. The third-order valence-electron chi connectivity index (χ3n) is 3.03. The van der Waals surface area contributed by atoms with Crippen molar-refractivity contribution in [2.75, 3.05) is 6.61 Å². The van der Waals surface area contributed by atoms with Crippen LogP contribution in [-0.2, 0) is 9.53 Å². The second-order valence-corrected chi connectivity index (χ2v) is 4.63. The highest BCUT2D eigenvalue weighted by Gasteiger charge is 2.41. The average molecular weight is 229 g/mol. The number of imide groups is 1. The molecule has 92 valence electrons. The van der Waals surface area contributed by atoms with E-state index in [1.165, 1.54) is 6.92 Å². The number of ether oxygens (including phenoxy) is 1. The molecular formula is C11H19NO4. The van der Waals surface area contributed by atoms with Crippen molar-refractivity contribution >= 4 is 12.0 Å². The Kier molecular flexibility index (Phi) is 3.91. The van der Waals surface area contributed by atoms with E-state index in [-0.39, 0.29) is 24.5 Å². The van der Waals surface area contributed by atoms with E-state index in [4.69, 9.17) is 4.74 Å². The van der Waals surface area contributed by atoms with Crippen molar-refractivity contribution in [3.8, 4) is 0 Å². The van der Waals surface area contributed by atoms with Gasteiger partial charge < -0.3 is 9.84 Å². The van der Waals surface area contributed by atoms with Gasteiger partial charge >= 0.3 is 6.09 Å². The highest BCUT2D eigenvalue weighted by Crippen LogP contribution is 2.22. The van der Waals surface area contributed by atoms with Gasteiger partial charge in [0.25, 0.3) is 0 Å². The Morgan fingerprint density at radius 2 is 2.00 bits per heavy atom. The van der Waals surface area contributed by atoms with Gasteiger partial charge in [-0.15, -0.1) is 0 Å². The van der Waals surface area contributed by atoms with Gasteiger partial charge in [0.15, 0.2) is 0 Å². The van der Waals surface area contributed by atoms with E-state index >= 15 is 0 Å². The van der Waals surface area contributed by atoms with Gasteiger partial charge in [-0.25, -0.2) is 9.69 Å². The largest absolute Gasteiger partial charge is 0.447 e. The van der Waals surface area contributed by atoms with E-state index in [9.17, 15) is 14.7 Å². The molecular weight excluding hydrogens is 210 g/mol. The molecule has 0 aliphatic carbocycles. The second-order valence-electron chi connectivity index (χ2n) is 4.63. The first-order valence-electron chi connectivity index (χ1n) is 5.54. The summed E-state index contributed by atoms with van der Waals surface area (Å²) >= 11 is 0. The molecule has 5 nitrogen and oxygen atoms in total. The Balaban J connectivity index is 2.83. The summed E-state index contributed by atoms with van der Waals surface area (Å²) < 4.78 is 4.87. The van der Waals surface area contributed by atoms with E-state index in [1.807, 2.05) is 13.8 Å². The number of aliphatic hydroxyl groups excluding tert-OH is 1. The molecule has 1 fully saturated rings. The normalized spacial score (nSPS) is 24.5.